The first-order valence-electron chi connectivity index (χ1n) is 6.69. The Labute approximate surface area is 120 Å². The van der Waals surface area contributed by atoms with Crippen molar-refractivity contribution in [3.8, 4) is 5.75 Å². The van der Waals surface area contributed by atoms with Crippen LogP contribution in [0.2, 0.25) is 0 Å². The zero-order valence-corrected chi connectivity index (χ0v) is 11.9. The minimum absolute atomic E-state index is 0.118. The van der Waals surface area contributed by atoms with Gasteiger partial charge in [-0.3, -0.25) is 4.79 Å². The summed E-state index contributed by atoms with van der Waals surface area (Å²) >= 11 is 0. The molecule has 1 rings (SSSR count). The molecule has 0 aliphatic rings. The molecular formula is C15H22N2O3. The quantitative estimate of drug-likeness (QED) is 0.506. The maximum absolute atomic E-state index is 11.7. The number of amides is 1. The third kappa shape index (κ3) is 6.36. The molecule has 1 amide bonds. The van der Waals surface area contributed by atoms with Gasteiger partial charge in [-0.1, -0.05) is 18.2 Å². The van der Waals surface area contributed by atoms with Crippen molar-refractivity contribution in [2.75, 3.05) is 38.2 Å². The Hall–Kier alpha value is -1.85. The lowest BCUT2D eigenvalue weighted by Crippen LogP contribution is -2.28. The maximum atomic E-state index is 11.7. The Bertz CT molecular complexity index is 421. The van der Waals surface area contributed by atoms with Gasteiger partial charge in [0.1, 0.15) is 12.4 Å². The van der Waals surface area contributed by atoms with Crippen LogP contribution in [0.25, 0.3) is 0 Å². The second kappa shape index (κ2) is 10.00. The van der Waals surface area contributed by atoms with Gasteiger partial charge in [0.05, 0.1) is 18.8 Å². The molecule has 0 bridgehead atoms. The Balaban J connectivity index is 2.47. The average molecular weight is 278 g/mol. The van der Waals surface area contributed by atoms with Crippen molar-refractivity contribution in [1.82, 2.24) is 5.32 Å². The largest absolute Gasteiger partial charge is 0.489 e. The predicted octanol–water partition coefficient (Wildman–Crippen LogP) is 1.82. The summed E-state index contributed by atoms with van der Waals surface area (Å²) in [6.07, 6.45) is 1.71. The summed E-state index contributed by atoms with van der Waals surface area (Å²) in [6.45, 7) is 7.99. The van der Waals surface area contributed by atoms with Crippen LogP contribution in [0, 0.1) is 0 Å². The van der Waals surface area contributed by atoms with Gasteiger partial charge in [0, 0.05) is 13.2 Å². The molecule has 5 heteroatoms. The SMILES string of the molecule is C=CCNCC(=O)Nc1ccccc1OCCOCC. The first kappa shape index (κ1) is 16.2. The second-order valence-corrected chi connectivity index (χ2v) is 4.01. The normalized spacial score (nSPS) is 10.1. The lowest BCUT2D eigenvalue weighted by Gasteiger charge is -2.12. The molecule has 110 valence electrons. The summed E-state index contributed by atoms with van der Waals surface area (Å²) in [7, 11) is 0. The van der Waals surface area contributed by atoms with E-state index in [1.165, 1.54) is 0 Å². The van der Waals surface area contributed by atoms with E-state index in [4.69, 9.17) is 9.47 Å². The van der Waals surface area contributed by atoms with Crippen LogP contribution < -0.4 is 15.4 Å². The van der Waals surface area contributed by atoms with Gasteiger partial charge >= 0.3 is 0 Å². The number of hydrogen-bond donors (Lipinski definition) is 2. The fourth-order valence-corrected chi connectivity index (χ4v) is 1.53. The Morgan fingerprint density at radius 2 is 2.15 bits per heavy atom. The van der Waals surface area contributed by atoms with E-state index in [1.54, 1.807) is 12.1 Å². The molecule has 0 unspecified atom stereocenters. The first-order valence-corrected chi connectivity index (χ1v) is 6.69. The van der Waals surface area contributed by atoms with E-state index in [2.05, 4.69) is 17.2 Å². The zero-order chi connectivity index (χ0) is 14.6. The summed E-state index contributed by atoms with van der Waals surface area (Å²) in [4.78, 5) is 11.7. The molecule has 0 saturated carbocycles. The van der Waals surface area contributed by atoms with Crippen LogP contribution >= 0.6 is 0 Å². The van der Waals surface area contributed by atoms with Crippen LogP contribution in [-0.4, -0.2) is 38.8 Å². The average Bonchev–Trinajstić information content (AvgIpc) is 2.45. The van der Waals surface area contributed by atoms with Crippen LogP contribution in [0.4, 0.5) is 5.69 Å². The monoisotopic (exact) mass is 278 g/mol. The fourth-order valence-electron chi connectivity index (χ4n) is 1.53. The van der Waals surface area contributed by atoms with E-state index in [0.29, 0.717) is 37.8 Å². The molecule has 0 saturated heterocycles. The van der Waals surface area contributed by atoms with E-state index < -0.39 is 0 Å². The van der Waals surface area contributed by atoms with Crippen molar-refractivity contribution in [3.05, 3.63) is 36.9 Å². The molecule has 1 aromatic rings. The van der Waals surface area contributed by atoms with Crippen molar-refractivity contribution in [2.45, 2.75) is 6.92 Å². The third-order valence-corrected chi connectivity index (χ3v) is 2.42. The number of carbonyl (C=O) groups excluding carboxylic acids is 1. The van der Waals surface area contributed by atoms with E-state index in [1.807, 2.05) is 25.1 Å². The van der Waals surface area contributed by atoms with Gasteiger partial charge in [0.15, 0.2) is 0 Å². The number of rotatable bonds is 10. The molecule has 1 aromatic carbocycles. The van der Waals surface area contributed by atoms with E-state index in [-0.39, 0.29) is 12.5 Å². The van der Waals surface area contributed by atoms with Gasteiger partial charge < -0.3 is 20.1 Å². The van der Waals surface area contributed by atoms with Gasteiger partial charge in [0.2, 0.25) is 5.91 Å². The number of para-hydroxylation sites is 2. The fraction of sp³-hybridized carbons (Fsp3) is 0.400. The topological polar surface area (TPSA) is 59.6 Å². The summed E-state index contributed by atoms with van der Waals surface area (Å²) < 4.78 is 10.8. The molecule has 0 spiro atoms. The van der Waals surface area contributed by atoms with Gasteiger partial charge in [-0.15, -0.1) is 6.58 Å². The molecule has 20 heavy (non-hydrogen) atoms. The second-order valence-electron chi connectivity index (χ2n) is 4.01. The first-order chi connectivity index (χ1) is 9.77. The molecular weight excluding hydrogens is 256 g/mol. The summed E-state index contributed by atoms with van der Waals surface area (Å²) in [5.41, 5.74) is 0.661. The number of nitrogens with one attached hydrogen (secondary N) is 2. The minimum Gasteiger partial charge on any atom is -0.489 e. The molecule has 0 atom stereocenters. The Morgan fingerprint density at radius 1 is 1.35 bits per heavy atom. The highest BCUT2D eigenvalue weighted by Gasteiger charge is 2.06. The third-order valence-electron chi connectivity index (χ3n) is 2.42. The van der Waals surface area contributed by atoms with Crippen LogP contribution in [0.5, 0.6) is 5.75 Å². The molecule has 0 aliphatic heterocycles. The molecule has 0 fully saturated rings. The highest BCUT2D eigenvalue weighted by Crippen LogP contribution is 2.23. The van der Waals surface area contributed by atoms with Gasteiger partial charge in [-0.2, -0.15) is 0 Å². The number of anilines is 1. The number of ether oxygens (including phenoxy) is 2. The van der Waals surface area contributed by atoms with Crippen molar-refractivity contribution >= 4 is 11.6 Å². The van der Waals surface area contributed by atoms with E-state index in [9.17, 15) is 4.79 Å². The minimum atomic E-state index is -0.118. The van der Waals surface area contributed by atoms with Gasteiger partial charge in [-0.25, -0.2) is 0 Å². The Kier molecular flexibility index (Phi) is 8.10. The van der Waals surface area contributed by atoms with Crippen molar-refractivity contribution in [2.24, 2.45) is 0 Å². The van der Waals surface area contributed by atoms with Crippen LogP contribution in [0.1, 0.15) is 6.92 Å². The van der Waals surface area contributed by atoms with Crippen LogP contribution in [-0.2, 0) is 9.53 Å². The molecule has 5 nitrogen and oxygen atoms in total. The van der Waals surface area contributed by atoms with Gasteiger partial charge in [0.25, 0.3) is 0 Å². The van der Waals surface area contributed by atoms with Crippen molar-refractivity contribution in [1.29, 1.82) is 0 Å². The van der Waals surface area contributed by atoms with Gasteiger partial charge in [-0.05, 0) is 19.1 Å². The summed E-state index contributed by atoms with van der Waals surface area (Å²) in [6, 6.07) is 7.34. The number of hydrogen-bond acceptors (Lipinski definition) is 4. The lowest BCUT2D eigenvalue weighted by atomic mass is 10.3. The number of benzene rings is 1. The number of carbonyl (C=O) groups is 1. The summed E-state index contributed by atoms with van der Waals surface area (Å²) in [5.74, 6) is 0.525. The molecule has 0 heterocycles. The van der Waals surface area contributed by atoms with E-state index >= 15 is 0 Å². The molecule has 0 aromatic heterocycles. The molecule has 2 N–H and O–H groups in total. The van der Waals surface area contributed by atoms with Crippen LogP contribution in [0.3, 0.4) is 0 Å². The van der Waals surface area contributed by atoms with Crippen LogP contribution in [0.15, 0.2) is 36.9 Å². The lowest BCUT2D eigenvalue weighted by molar-refractivity contribution is -0.115. The summed E-state index contributed by atoms with van der Waals surface area (Å²) in [5, 5.41) is 5.75. The molecule has 0 radical (unpaired) electrons. The standard InChI is InChI=1S/C15H22N2O3/c1-3-9-16-12-15(18)17-13-7-5-6-8-14(13)20-11-10-19-4-2/h3,5-8,16H,1,4,9-12H2,2H3,(H,17,18). The molecule has 0 aliphatic carbocycles. The predicted molar refractivity (Wildman–Crippen MR) is 80.1 cm³/mol. The maximum Gasteiger partial charge on any atom is 0.238 e. The van der Waals surface area contributed by atoms with Crippen molar-refractivity contribution < 1.29 is 14.3 Å². The highest BCUT2D eigenvalue weighted by molar-refractivity contribution is 5.93. The Morgan fingerprint density at radius 3 is 2.90 bits per heavy atom. The van der Waals surface area contributed by atoms with Crippen molar-refractivity contribution in [3.63, 3.8) is 0 Å². The van der Waals surface area contributed by atoms with E-state index in [0.717, 1.165) is 0 Å². The zero-order valence-electron chi connectivity index (χ0n) is 11.9. The highest BCUT2D eigenvalue weighted by atomic mass is 16.5. The smallest absolute Gasteiger partial charge is 0.238 e.